The van der Waals surface area contributed by atoms with Gasteiger partial charge in [0.15, 0.2) is 12.1 Å². The lowest BCUT2D eigenvalue weighted by atomic mass is 10.0. The van der Waals surface area contributed by atoms with Crippen LogP contribution >= 0.6 is 0 Å². The van der Waals surface area contributed by atoms with E-state index in [0.717, 1.165) is 64.2 Å². The van der Waals surface area contributed by atoms with Crippen LogP contribution in [0.1, 0.15) is 206 Å². The molecule has 57 heavy (non-hydrogen) atoms. The van der Waals surface area contributed by atoms with E-state index in [0.29, 0.717) is 19.3 Å². The predicted molar refractivity (Wildman–Crippen MR) is 238 cm³/mol. The molecule has 0 saturated heterocycles. The minimum atomic E-state index is -0.876. The normalized spacial score (nSPS) is 13.2. The van der Waals surface area contributed by atoms with Crippen molar-refractivity contribution in [1.29, 1.82) is 0 Å². The molecule has 0 fully saturated rings. The Morgan fingerprint density at radius 2 is 0.965 bits per heavy atom. The molecule has 8 nitrogen and oxygen atoms in total. The highest BCUT2D eigenvalue weighted by Gasteiger charge is 2.31. The molecule has 0 spiro atoms. The van der Waals surface area contributed by atoms with Crippen LogP contribution in [0.5, 0.6) is 0 Å². The molecule has 2 unspecified atom stereocenters. The number of quaternary nitrogens is 1. The van der Waals surface area contributed by atoms with Crippen molar-refractivity contribution < 1.29 is 38.2 Å². The summed E-state index contributed by atoms with van der Waals surface area (Å²) in [6, 6.07) is -0.614. The zero-order chi connectivity index (χ0) is 42.1. The van der Waals surface area contributed by atoms with Gasteiger partial charge < -0.3 is 23.8 Å². The lowest BCUT2D eigenvalue weighted by molar-refractivity contribution is -0.887. The van der Waals surface area contributed by atoms with E-state index >= 15 is 0 Å². The second kappa shape index (κ2) is 40.3. The third-order valence-corrected chi connectivity index (χ3v) is 10.5. The number of unbranched alkanes of at least 4 members (excludes halogenated alkanes) is 22. The molecule has 0 bridgehead atoms. The van der Waals surface area contributed by atoms with E-state index in [4.69, 9.17) is 14.2 Å². The van der Waals surface area contributed by atoms with E-state index in [2.05, 4.69) is 50.3 Å². The monoisotopic (exact) mass is 805 g/mol. The molecular formula is C49H90NO7+. The summed E-state index contributed by atoms with van der Waals surface area (Å²) < 4.78 is 17.3. The highest BCUT2D eigenvalue weighted by molar-refractivity contribution is 5.72. The van der Waals surface area contributed by atoms with Crippen LogP contribution in [0.25, 0.3) is 0 Å². The second-order valence-electron chi connectivity index (χ2n) is 17.0. The van der Waals surface area contributed by atoms with Crippen LogP contribution in [0, 0.1) is 0 Å². The smallest absolute Gasteiger partial charge is 0.362 e. The van der Waals surface area contributed by atoms with Gasteiger partial charge in [0.25, 0.3) is 0 Å². The van der Waals surface area contributed by atoms with Gasteiger partial charge in [0.05, 0.1) is 34.4 Å². The van der Waals surface area contributed by atoms with Crippen molar-refractivity contribution in [3.05, 3.63) is 36.5 Å². The number of rotatable bonds is 42. The molecule has 0 saturated carbocycles. The Balaban J connectivity index is 4.20. The Morgan fingerprint density at radius 1 is 0.526 bits per heavy atom. The number of hydrogen-bond acceptors (Lipinski definition) is 6. The summed E-state index contributed by atoms with van der Waals surface area (Å²) in [5, 5.41) is 9.62. The average molecular weight is 805 g/mol. The maximum Gasteiger partial charge on any atom is 0.362 e. The predicted octanol–water partition coefficient (Wildman–Crippen LogP) is 13.0. The number of carbonyl (C=O) groups excluding carboxylic acids is 2. The van der Waals surface area contributed by atoms with Crippen molar-refractivity contribution in [3.8, 4) is 0 Å². The molecule has 0 aliphatic carbocycles. The molecule has 0 amide bonds. The van der Waals surface area contributed by atoms with Crippen molar-refractivity contribution in [2.75, 3.05) is 41.0 Å². The Kier molecular flexibility index (Phi) is 38.6. The first-order valence-electron chi connectivity index (χ1n) is 23.5. The summed E-state index contributed by atoms with van der Waals surface area (Å²) in [5.74, 6) is -1.48. The van der Waals surface area contributed by atoms with Gasteiger partial charge in [-0.2, -0.15) is 0 Å². The average Bonchev–Trinajstić information content (AvgIpc) is 3.17. The quantitative estimate of drug-likeness (QED) is 0.0284. The zero-order valence-electron chi connectivity index (χ0n) is 37.8. The summed E-state index contributed by atoms with van der Waals surface area (Å²) in [4.78, 5) is 36.9. The number of hydrogen-bond donors (Lipinski definition) is 1. The van der Waals surface area contributed by atoms with Crippen LogP contribution in [-0.4, -0.2) is 80.6 Å². The van der Waals surface area contributed by atoms with Crippen molar-refractivity contribution in [2.45, 2.75) is 219 Å². The number of carboxylic acids is 1. The van der Waals surface area contributed by atoms with Crippen molar-refractivity contribution in [2.24, 2.45) is 0 Å². The Morgan fingerprint density at radius 3 is 1.44 bits per heavy atom. The zero-order valence-corrected chi connectivity index (χ0v) is 37.8. The van der Waals surface area contributed by atoms with E-state index in [9.17, 15) is 19.5 Å². The van der Waals surface area contributed by atoms with Gasteiger partial charge in [0.1, 0.15) is 6.61 Å². The maximum atomic E-state index is 12.7. The summed E-state index contributed by atoms with van der Waals surface area (Å²) in [7, 11) is 5.52. The molecule has 8 heteroatoms. The lowest BCUT2D eigenvalue weighted by Gasteiger charge is -2.31. The number of allylic oxidation sites excluding steroid dienone is 6. The summed E-state index contributed by atoms with van der Waals surface area (Å²) in [6.07, 6.45) is 46.3. The number of likely N-dealkylation sites (N-methyl/N-ethyl adjacent to an activating group) is 1. The largest absolute Gasteiger partial charge is 0.477 e. The van der Waals surface area contributed by atoms with Crippen LogP contribution < -0.4 is 0 Å². The topological polar surface area (TPSA) is 99.1 Å². The number of esters is 2. The molecule has 1 N–H and O–H groups in total. The molecule has 0 aliphatic rings. The van der Waals surface area contributed by atoms with Gasteiger partial charge in [0.2, 0.25) is 0 Å². The fourth-order valence-corrected chi connectivity index (χ4v) is 6.83. The highest BCUT2D eigenvalue weighted by atomic mass is 16.6. The Hall–Kier alpha value is -2.45. The molecular weight excluding hydrogens is 715 g/mol. The first-order chi connectivity index (χ1) is 27.6. The standard InChI is InChI=1S/C49H89NO7/c1-6-8-10-12-14-16-18-19-20-21-22-23-24-25-26-27-28-29-30-32-34-36-38-40-48(52)57-45(43-55-42-41-46(49(53)54)50(3,4)5)44-56-47(51)39-37-35-33-31-17-15-13-11-9-7-2/h11,13,18-19,21-22,45-46H,6-10,12,14-17,20,23-44H2,1-5H3/p+1/b13-11-,19-18-,22-21-. The van der Waals surface area contributed by atoms with Gasteiger partial charge in [-0.1, -0.05) is 159 Å². The third kappa shape index (κ3) is 38.8. The highest BCUT2D eigenvalue weighted by Crippen LogP contribution is 2.15. The number of nitrogens with zero attached hydrogens (tertiary/aromatic N) is 1. The van der Waals surface area contributed by atoms with Crippen LogP contribution in [-0.2, 0) is 28.6 Å². The van der Waals surface area contributed by atoms with Crippen LogP contribution in [0.3, 0.4) is 0 Å². The fraction of sp³-hybridized carbons (Fsp3) is 0.816. The molecule has 0 heterocycles. The van der Waals surface area contributed by atoms with Gasteiger partial charge in [-0.25, -0.2) is 4.79 Å². The second-order valence-corrected chi connectivity index (χ2v) is 17.0. The first-order valence-corrected chi connectivity index (χ1v) is 23.5. The minimum absolute atomic E-state index is 0.0549. The van der Waals surface area contributed by atoms with Gasteiger partial charge in [0, 0.05) is 19.3 Å². The minimum Gasteiger partial charge on any atom is -0.477 e. The van der Waals surface area contributed by atoms with Gasteiger partial charge >= 0.3 is 17.9 Å². The molecule has 0 aromatic rings. The number of carbonyl (C=O) groups is 3. The lowest BCUT2D eigenvalue weighted by Crippen LogP contribution is -2.50. The van der Waals surface area contributed by atoms with E-state index in [1.807, 2.05) is 21.1 Å². The van der Waals surface area contributed by atoms with Gasteiger partial charge in [-0.05, 0) is 64.2 Å². The Bertz CT molecular complexity index is 1030. The van der Waals surface area contributed by atoms with Gasteiger partial charge in [-0.3, -0.25) is 9.59 Å². The summed E-state index contributed by atoms with van der Waals surface area (Å²) in [5.41, 5.74) is 0. The van der Waals surface area contributed by atoms with Crippen molar-refractivity contribution in [1.82, 2.24) is 0 Å². The van der Waals surface area contributed by atoms with Crippen LogP contribution in [0.15, 0.2) is 36.5 Å². The number of ether oxygens (including phenoxy) is 3. The maximum absolute atomic E-state index is 12.7. The van der Waals surface area contributed by atoms with Gasteiger partial charge in [-0.15, -0.1) is 0 Å². The van der Waals surface area contributed by atoms with Crippen LogP contribution in [0.2, 0.25) is 0 Å². The van der Waals surface area contributed by atoms with E-state index in [-0.39, 0.29) is 36.2 Å². The van der Waals surface area contributed by atoms with Crippen molar-refractivity contribution in [3.63, 3.8) is 0 Å². The van der Waals surface area contributed by atoms with Crippen molar-refractivity contribution >= 4 is 17.9 Å². The molecule has 2 atom stereocenters. The SMILES string of the molecule is CCC/C=C\CCCCCCCC(=O)OCC(COCCC(C(=O)O)[N+](C)(C)C)OC(=O)CCCCCCCCCCCCC/C=C\C/C=C\CCCCCCC. The summed E-state index contributed by atoms with van der Waals surface area (Å²) in [6.45, 7) is 4.66. The Labute approximate surface area is 351 Å². The van der Waals surface area contributed by atoms with E-state index < -0.39 is 18.1 Å². The number of carboxylic acid groups (broad SMARTS) is 1. The molecule has 0 radical (unpaired) electrons. The molecule has 0 aliphatic heterocycles. The molecule has 0 aromatic heterocycles. The van der Waals surface area contributed by atoms with E-state index in [1.54, 1.807) is 0 Å². The molecule has 0 rings (SSSR count). The van der Waals surface area contributed by atoms with Crippen LogP contribution in [0.4, 0.5) is 0 Å². The van der Waals surface area contributed by atoms with E-state index in [1.165, 1.54) is 109 Å². The fourth-order valence-electron chi connectivity index (χ4n) is 6.83. The first kappa shape index (κ1) is 54.6. The molecule has 0 aromatic carbocycles. The summed E-state index contributed by atoms with van der Waals surface area (Å²) >= 11 is 0. The molecule has 332 valence electrons. The third-order valence-electron chi connectivity index (χ3n) is 10.5. The number of aliphatic carboxylic acids is 1.